The predicted molar refractivity (Wildman–Crippen MR) is 90.0 cm³/mol. The SMILES string of the molecule is Cc1ccc(C=NNC(=O)NC(C#N)c2ccc(C)cc2)cc1. The number of nitrogens with zero attached hydrogens (tertiary/aromatic N) is 2. The number of aryl methyl sites for hydroxylation is 2. The second-order valence-electron chi connectivity index (χ2n) is 5.23. The highest BCUT2D eigenvalue weighted by Gasteiger charge is 2.12. The molecule has 0 aliphatic carbocycles. The first-order valence-electron chi connectivity index (χ1n) is 7.21. The lowest BCUT2D eigenvalue weighted by Crippen LogP contribution is -2.34. The molecule has 5 nitrogen and oxygen atoms in total. The zero-order valence-corrected chi connectivity index (χ0v) is 13.1. The van der Waals surface area contributed by atoms with Crippen molar-refractivity contribution in [1.29, 1.82) is 5.26 Å². The molecular weight excluding hydrogens is 288 g/mol. The lowest BCUT2D eigenvalue weighted by molar-refractivity contribution is 0.239. The Balaban J connectivity index is 1.91. The van der Waals surface area contributed by atoms with Crippen LogP contribution in [-0.4, -0.2) is 12.2 Å². The standard InChI is InChI=1S/C18H18N4O/c1-13-3-7-15(8-4-13)12-20-22-18(23)21-17(11-19)16-9-5-14(2)6-10-16/h3-10,12,17H,1-2H3,(H2,21,22,23). The average Bonchev–Trinajstić information content (AvgIpc) is 2.55. The van der Waals surface area contributed by atoms with Gasteiger partial charge in [0.15, 0.2) is 0 Å². The third-order valence-corrected chi connectivity index (χ3v) is 3.27. The largest absolute Gasteiger partial charge is 0.336 e. The van der Waals surface area contributed by atoms with Gasteiger partial charge in [-0.15, -0.1) is 0 Å². The van der Waals surface area contributed by atoms with Gasteiger partial charge in [0.2, 0.25) is 0 Å². The Bertz CT molecular complexity index is 727. The molecule has 116 valence electrons. The zero-order valence-electron chi connectivity index (χ0n) is 13.1. The van der Waals surface area contributed by atoms with E-state index in [0.717, 1.165) is 22.3 Å². The van der Waals surface area contributed by atoms with E-state index in [2.05, 4.69) is 21.9 Å². The van der Waals surface area contributed by atoms with Crippen LogP contribution in [0.25, 0.3) is 0 Å². The summed E-state index contributed by atoms with van der Waals surface area (Å²) in [5.41, 5.74) is 6.22. The second-order valence-corrected chi connectivity index (χ2v) is 5.23. The van der Waals surface area contributed by atoms with Crippen LogP contribution in [0.2, 0.25) is 0 Å². The first kappa shape index (κ1) is 16.2. The summed E-state index contributed by atoms with van der Waals surface area (Å²) in [6.07, 6.45) is 1.55. The van der Waals surface area contributed by atoms with Crippen LogP contribution in [0.1, 0.15) is 28.3 Å². The first-order chi connectivity index (χ1) is 11.1. The van der Waals surface area contributed by atoms with Gasteiger partial charge in [-0.3, -0.25) is 0 Å². The molecular formula is C18H18N4O. The van der Waals surface area contributed by atoms with E-state index in [-0.39, 0.29) is 0 Å². The number of rotatable bonds is 4. The summed E-state index contributed by atoms with van der Waals surface area (Å²) in [7, 11) is 0. The average molecular weight is 306 g/mol. The molecule has 0 radical (unpaired) electrons. The van der Waals surface area contributed by atoms with Crippen molar-refractivity contribution < 1.29 is 4.79 Å². The van der Waals surface area contributed by atoms with E-state index in [4.69, 9.17) is 0 Å². The van der Waals surface area contributed by atoms with Crippen molar-refractivity contribution in [3.63, 3.8) is 0 Å². The molecule has 0 heterocycles. The molecule has 5 heteroatoms. The number of benzene rings is 2. The van der Waals surface area contributed by atoms with Crippen molar-refractivity contribution in [1.82, 2.24) is 10.7 Å². The lowest BCUT2D eigenvalue weighted by Gasteiger charge is -2.11. The van der Waals surface area contributed by atoms with E-state index in [1.54, 1.807) is 6.21 Å². The summed E-state index contributed by atoms with van der Waals surface area (Å²) in [4.78, 5) is 11.8. The number of hydrogen-bond acceptors (Lipinski definition) is 3. The van der Waals surface area contributed by atoms with Gasteiger partial charge in [0.1, 0.15) is 6.04 Å². The van der Waals surface area contributed by atoms with Crippen LogP contribution in [0.5, 0.6) is 0 Å². The summed E-state index contributed by atoms with van der Waals surface area (Å²) in [6.45, 7) is 3.96. The van der Waals surface area contributed by atoms with Crippen LogP contribution in [0, 0.1) is 25.2 Å². The molecule has 0 fully saturated rings. The number of carbonyl (C=O) groups excluding carboxylic acids is 1. The summed E-state index contributed by atoms with van der Waals surface area (Å²) in [5, 5.41) is 15.6. The molecule has 23 heavy (non-hydrogen) atoms. The minimum Gasteiger partial charge on any atom is -0.317 e. The molecule has 0 aromatic heterocycles. The monoisotopic (exact) mass is 306 g/mol. The molecule has 2 N–H and O–H groups in total. The van der Waals surface area contributed by atoms with Crippen molar-refractivity contribution in [2.24, 2.45) is 5.10 Å². The van der Waals surface area contributed by atoms with Crippen LogP contribution in [-0.2, 0) is 0 Å². The number of urea groups is 1. The van der Waals surface area contributed by atoms with Crippen LogP contribution in [0.3, 0.4) is 0 Å². The fourth-order valence-corrected chi connectivity index (χ4v) is 1.93. The number of hydrogen-bond donors (Lipinski definition) is 2. The predicted octanol–water partition coefficient (Wildman–Crippen LogP) is 3.20. The molecule has 0 aliphatic heterocycles. The van der Waals surface area contributed by atoms with E-state index >= 15 is 0 Å². The summed E-state index contributed by atoms with van der Waals surface area (Å²) >= 11 is 0. The van der Waals surface area contributed by atoms with E-state index < -0.39 is 12.1 Å². The van der Waals surface area contributed by atoms with Crippen molar-refractivity contribution >= 4 is 12.2 Å². The Labute approximate surface area is 135 Å². The van der Waals surface area contributed by atoms with Crippen molar-refractivity contribution in [2.45, 2.75) is 19.9 Å². The van der Waals surface area contributed by atoms with Crippen LogP contribution >= 0.6 is 0 Å². The Hall–Kier alpha value is -3.13. The molecule has 0 aliphatic rings. The quantitative estimate of drug-likeness (QED) is 0.672. The number of nitriles is 1. The van der Waals surface area contributed by atoms with Gasteiger partial charge in [-0.05, 0) is 25.0 Å². The van der Waals surface area contributed by atoms with Crippen molar-refractivity contribution in [3.8, 4) is 6.07 Å². The topological polar surface area (TPSA) is 77.3 Å². The van der Waals surface area contributed by atoms with Gasteiger partial charge < -0.3 is 5.32 Å². The Morgan fingerprint density at radius 1 is 1.09 bits per heavy atom. The van der Waals surface area contributed by atoms with Crippen molar-refractivity contribution in [2.75, 3.05) is 0 Å². The maximum Gasteiger partial charge on any atom is 0.336 e. The van der Waals surface area contributed by atoms with E-state index in [1.807, 2.05) is 62.4 Å². The summed E-state index contributed by atoms with van der Waals surface area (Å²) in [6, 6.07) is 16.0. The molecule has 2 amide bonds. The molecule has 0 bridgehead atoms. The third-order valence-electron chi connectivity index (χ3n) is 3.27. The highest BCUT2D eigenvalue weighted by molar-refractivity contribution is 5.82. The van der Waals surface area contributed by atoms with E-state index in [9.17, 15) is 10.1 Å². The fraction of sp³-hybridized carbons (Fsp3) is 0.167. The third kappa shape index (κ3) is 4.97. The van der Waals surface area contributed by atoms with Crippen LogP contribution in [0.4, 0.5) is 4.79 Å². The Morgan fingerprint density at radius 3 is 2.22 bits per heavy atom. The fourth-order valence-electron chi connectivity index (χ4n) is 1.93. The van der Waals surface area contributed by atoms with Gasteiger partial charge in [0.05, 0.1) is 12.3 Å². The number of hydrazone groups is 1. The molecule has 2 rings (SSSR count). The van der Waals surface area contributed by atoms with Gasteiger partial charge in [-0.1, -0.05) is 59.7 Å². The molecule has 1 atom stereocenters. The van der Waals surface area contributed by atoms with E-state index in [0.29, 0.717) is 0 Å². The summed E-state index contributed by atoms with van der Waals surface area (Å²) in [5.74, 6) is 0. The number of carbonyl (C=O) groups is 1. The Kier molecular flexibility index (Phi) is 5.48. The molecule has 2 aromatic rings. The summed E-state index contributed by atoms with van der Waals surface area (Å²) < 4.78 is 0. The normalized spacial score (nSPS) is 11.7. The molecule has 2 aromatic carbocycles. The maximum absolute atomic E-state index is 11.8. The van der Waals surface area contributed by atoms with Crippen LogP contribution in [0.15, 0.2) is 53.6 Å². The number of amides is 2. The Morgan fingerprint density at radius 2 is 1.65 bits per heavy atom. The zero-order chi connectivity index (χ0) is 16.7. The van der Waals surface area contributed by atoms with Gasteiger partial charge in [-0.25, -0.2) is 10.2 Å². The number of nitrogens with one attached hydrogen (secondary N) is 2. The van der Waals surface area contributed by atoms with Gasteiger partial charge in [-0.2, -0.15) is 10.4 Å². The molecule has 0 saturated carbocycles. The maximum atomic E-state index is 11.8. The van der Waals surface area contributed by atoms with Gasteiger partial charge >= 0.3 is 6.03 Å². The second kappa shape index (κ2) is 7.76. The molecule has 1 unspecified atom stereocenters. The smallest absolute Gasteiger partial charge is 0.317 e. The lowest BCUT2D eigenvalue weighted by atomic mass is 10.1. The molecule has 0 spiro atoms. The first-order valence-corrected chi connectivity index (χ1v) is 7.21. The van der Waals surface area contributed by atoms with Gasteiger partial charge in [0, 0.05) is 0 Å². The molecule has 0 saturated heterocycles. The highest BCUT2D eigenvalue weighted by Crippen LogP contribution is 2.12. The minimum absolute atomic E-state index is 0.527. The van der Waals surface area contributed by atoms with Crippen LogP contribution < -0.4 is 10.7 Å². The minimum atomic E-state index is -0.717. The van der Waals surface area contributed by atoms with Gasteiger partial charge in [0.25, 0.3) is 0 Å². The highest BCUT2D eigenvalue weighted by atomic mass is 16.2. The van der Waals surface area contributed by atoms with E-state index in [1.165, 1.54) is 0 Å². The van der Waals surface area contributed by atoms with Crippen molar-refractivity contribution in [3.05, 3.63) is 70.8 Å².